The molecule has 0 unspecified atom stereocenters. The summed E-state index contributed by atoms with van der Waals surface area (Å²) >= 11 is 0. The van der Waals surface area contributed by atoms with E-state index in [1.807, 2.05) is 0 Å². The van der Waals surface area contributed by atoms with Gasteiger partial charge in [-0.2, -0.15) is 0 Å². The van der Waals surface area contributed by atoms with Gasteiger partial charge >= 0.3 is 83.3 Å². The molecule has 0 N–H and O–H groups in total. The fourth-order valence-corrected chi connectivity index (χ4v) is 2.93. The van der Waals surface area contributed by atoms with E-state index in [1.54, 1.807) is 0 Å². The van der Waals surface area contributed by atoms with Crippen LogP contribution >= 0.6 is 7.26 Å². The Bertz CT molecular complexity index is 150. The predicted octanol–water partition coefficient (Wildman–Crippen LogP) is 3.20. The van der Waals surface area contributed by atoms with Crippen molar-refractivity contribution in [3.63, 3.8) is 0 Å². The topological polar surface area (TPSA) is 9.23 Å². The standard InChI is InChI=1S/C11H25OP/c1-6-8-13(4,5)9-7-12-10-11(2)3/h6,8,11,13H,7,9-10H2,1-5H3/b8-6+. The Kier molecular flexibility index (Phi) is 6.63. The minimum atomic E-state index is -1.08. The summed E-state index contributed by atoms with van der Waals surface area (Å²) in [7, 11) is -1.08. The van der Waals surface area contributed by atoms with Crippen molar-refractivity contribution in [3.8, 4) is 0 Å². The zero-order chi connectivity index (χ0) is 10.3. The Morgan fingerprint density at radius 1 is 1.31 bits per heavy atom. The molecule has 0 saturated heterocycles. The Balaban J connectivity index is 3.52. The van der Waals surface area contributed by atoms with Gasteiger partial charge < -0.3 is 0 Å². The Hall–Kier alpha value is 0.130. The number of ether oxygens (including phenoxy) is 1. The molecule has 0 aliphatic heterocycles. The molecular weight excluding hydrogens is 179 g/mol. The summed E-state index contributed by atoms with van der Waals surface area (Å²) in [5, 5.41) is 0. The van der Waals surface area contributed by atoms with E-state index in [2.05, 4.69) is 46.0 Å². The Morgan fingerprint density at radius 3 is 2.38 bits per heavy atom. The SMILES string of the molecule is C/C=C/[PH](C)(C)CCOCC(C)C. The van der Waals surface area contributed by atoms with Crippen LogP contribution in [0, 0.1) is 5.92 Å². The summed E-state index contributed by atoms with van der Waals surface area (Å²) in [6, 6.07) is 0. The molecule has 0 heterocycles. The first kappa shape index (κ1) is 13.1. The maximum absolute atomic E-state index is 5.58. The Morgan fingerprint density at radius 2 is 1.92 bits per heavy atom. The van der Waals surface area contributed by atoms with Crippen LogP contribution < -0.4 is 0 Å². The van der Waals surface area contributed by atoms with Gasteiger partial charge in [-0.05, 0) is 0 Å². The van der Waals surface area contributed by atoms with Crippen LogP contribution in [0.2, 0.25) is 0 Å². The molecule has 0 aliphatic rings. The number of allylic oxidation sites excluding steroid dienone is 1. The van der Waals surface area contributed by atoms with Gasteiger partial charge in [-0.15, -0.1) is 0 Å². The van der Waals surface area contributed by atoms with Crippen LogP contribution in [0.3, 0.4) is 0 Å². The van der Waals surface area contributed by atoms with Gasteiger partial charge in [0.25, 0.3) is 0 Å². The van der Waals surface area contributed by atoms with Crippen LogP contribution in [-0.2, 0) is 4.74 Å². The molecule has 0 saturated carbocycles. The normalized spacial score (nSPS) is 14.3. The van der Waals surface area contributed by atoms with E-state index in [-0.39, 0.29) is 0 Å². The van der Waals surface area contributed by atoms with Crippen LogP contribution in [0.5, 0.6) is 0 Å². The molecule has 0 amide bonds. The number of hydrogen-bond donors (Lipinski definition) is 0. The second-order valence-corrected chi connectivity index (χ2v) is 9.52. The molecule has 0 fully saturated rings. The quantitative estimate of drug-likeness (QED) is 0.477. The van der Waals surface area contributed by atoms with E-state index < -0.39 is 7.26 Å². The molecule has 2 heteroatoms. The van der Waals surface area contributed by atoms with E-state index in [9.17, 15) is 0 Å². The molecule has 0 spiro atoms. The molecule has 1 nitrogen and oxygen atoms in total. The fourth-order valence-electron chi connectivity index (χ4n) is 1.19. The van der Waals surface area contributed by atoms with Gasteiger partial charge in [-0.1, -0.05) is 0 Å². The van der Waals surface area contributed by atoms with Gasteiger partial charge in [0.05, 0.1) is 0 Å². The average molecular weight is 204 g/mol. The van der Waals surface area contributed by atoms with Crippen LogP contribution in [-0.4, -0.2) is 32.7 Å². The zero-order valence-electron chi connectivity index (χ0n) is 9.76. The van der Waals surface area contributed by atoms with Gasteiger partial charge in [-0.25, -0.2) is 0 Å². The summed E-state index contributed by atoms with van der Waals surface area (Å²) in [5.41, 5.74) is 0. The van der Waals surface area contributed by atoms with Crippen molar-refractivity contribution in [1.82, 2.24) is 0 Å². The first-order valence-corrected chi connectivity index (χ1v) is 8.48. The summed E-state index contributed by atoms with van der Waals surface area (Å²) < 4.78 is 5.58. The van der Waals surface area contributed by atoms with Crippen molar-refractivity contribution in [3.05, 3.63) is 11.9 Å². The molecule has 80 valence electrons. The van der Waals surface area contributed by atoms with Crippen LogP contribution in [0.1, 0.15) is 20.8 Å². The summed E-state index contributed by atoms with van der Waals surface area (Å²) in [4.78, 5) is 0. The molecule has 0 aliphatic carbocycles. The van der Waals surface area contributed by atoms with Gasteiger partial charge in [0.15, 0.2) is 0 Å². The second-order valence-electron chi connectivity index (χ2n) is 4.71. The zero-order valence-corrected chi connectivity index (χ0v) is 10.8. The molecule has 0 bridgehead atoms. The molecule has 0 radical (unpaired) electrons. The van der Waals surface area contributed by atoms with Crippen molar-refractivity contribution >= 4 is 7.26 Å². The van der Waals surface area contributed by atoms with Crippen molar-refractivity contribution in [2.75, 3.05) is 32.7 Å². The van der Waals surface area contributed by atoms with Crippen molar-refractivity contribution in [2.24, 2.45) is 5.92 Å². The van der Waals surface area contributed by atoms with E-state index in [1.165, 1.54) is 6.16 Å². The van der Waals surface area contributed by atoms with Gasteiger partial charge in [0.1, 0.15) is 0 Å². The second kappa shape index (κ2) is 6.56. The summed E-state index contributed by atoms with van der Waals surface area (Å²) in [6.07, 6.45) is 3.42. The summed E-state index contributed by atoms with van der Waals surface area (Å²) in [6.45, 7) is 13.1. The van der Waals surface area contributed by atoms with E-state index in [4.69, 9.17) is 4.74 Å². The molecule has 0 rings (SSSR count). The van der Waals surface area contributed by atoms with E-state index >= 15 is 0 Å². The molecule has 0 atom stereocenters. The Labute approximate surface area is 83.9 Å². The first-order valence-electron chi connectivity index (χ1n) is 5.19. The van der Waals surface area contributed by atoms with E-state index in [0.717, 1.165) is 13.2 Å². The predicted molar refractivity (Wildman–Crippen MR) is 65.5 cm³/mol. The van der Waals surface area contributed by atoms with Gasteiger partial charge in [-0.3, -0.25) is 0 Å². The van der Waals surface area contributed by atoms with Crippen LogP contribution in [0.4, 0.5) is 0 Å². The fraction of sp³-hybridized carbons (Fsp3) is 0.818. The third kappa shape index (κ3) is 8.46. The number of rotatable bonds is 6. The third-order valence-electron chi connectivity index (χ3n) is 1.96. The molecular formula is C11H25OP. The number of hydrogen-bond acceptors (Lipinski definition) is 1. The van der Waals surface area contributed by atoms with Gasteiger partial charge in [0.2, 0.25) is 0 Å². The van der Waals surface area contributed by atoms with Crippen LogP contribution in [0.15, 0.2) is 11.9 Å². The van der Waals surface area contributed by atoms with E-state index in [0.29, 0.717) is 5.92 Å². The molecule has 13 heavy (non-hydrogen) atoms. The monoisotopic (exact) mass is 204 g/mol. The van der Waals surface area contributed by atoms with Gasteiger partial charge in [0, 0.05) is 0 Å². The minimum absolute atomic E-state index is 0.659. The first-order chi connectivity index (χ1) is 5.98. The molecule has 0 aromatic heterocycles. The van der Waals surface area contributed by atoms with Crippen LogP contribution in [0.25, 0.3) is 0 Å². The average Bonchev–Trinajstić information content (AvgIpc) is 1.98. The third-order valence-corrected chi connectivity index (χ3v) is 4.69. The van der Waals surface area contributed by atoms with Crippen molar-refractivity contribution in [2.45, 2.75) is 20.8 Å². The maximum atomic E-state index is 5.58. The van der Waals surface area contributed by atoms with Crippen molar-refractivity contribution < 1.29 is 4.74 Å². The molecule has 0 aromatic rings. The summed E-state index contributed by atoms with van der Waals surface area (Å²) in [5.74, 6) is 3.04. The molecule has 0 aromatic carbocycles. The van der Waals surface area contributed by atoms with Crippen molar-refractivity contribution in [1.29, 1.82) is 0 Å².